The van der Waals surface area contributed by atoms with Crippen molar-refractivity contribution >= 4 is 10.0 Å². The van der Waals surface area contributed by atoms with E-state index in [4.69, 9.17) is 10.5 Å². The predicted octanol–water partition coefficient (Wildman–Crippen LogP) is 1.61. The highest BCUT2D eigenvalue weighted by atomic mass is 32.2. The normalized spacial score (nSPS) is 22.1. The average molecular weight is 312 g/mol. The minimum Gasteiger partial charge on any atom is -0.378 e. The van der Waals surface area contributed by atoms with Crippen molar-refractivity contribution in [2.45, 2.75) is 57.2 Å². The molecule has 0 aromatic heterocycles. The van der Waals surface area contributed by atoms with E-state index in [1.807, 2.05) is 26.8 Å². The lowest BCUT2D eigenvalue weighted by Gasteiger charge is -2.35. The van der Waals surface area contributed by atoms with E-state index in [-0.39, 0.29) is 12.1 Å². The van der Waals surface area contributed by atoms with Crippen molar-refractivity contribution in [1.82, 2.24) is 4.72 Å². The first-order valence-corrected chi connectivity index (χ1v) is 8.79. The minimum absolute atomic E-state index is 0.0337. The van der Waals surface area contributed by atoms with Crippen LogP contribution in [0.4, 0.5) is 0 Å². The van der Waals surface area contributed by atoms with Gasteiger partial charge in [-0.3, -0.25) is 0 Å². The van der Waals surface area contributed by atoms with Gasteiger partial charge in [0, 0.05) is 19.2 Å². The lowest BCUT2D eigenvalue weighted by atomic mass is 9.90. The first-order valence-electron chi connectivity index (χ1n) is 7.31. The van der Waals surface area contributed by atoms with Gasteiger partial charge in [-0.15, -0.1) is 0 Å². The second kappa shape index (κ2) is 6.44. The largest absolute Gasteiger partial charge is 0.378 e. The van der Waals surface area contributed by atoms with Crippen molar-refractivity contribution in [3.63, 3.8) is 0 Å². The molecular weight excluding hydrogens is 288 g/mol. The van der Waals surface area contributed by atoms with Crippen molar-refractivity contribution in [1.29, 1.82) is 0 Å². The second-order valence-electron chi connectivity index (χ2n) is 5.62. The molecule has 0 aliphatic heterocycles. The van der Waals surface area contributed by atoms with Crippen LogP contribution in [0.3, 0.4) is 0 Å². The highest BCUT2D eigenvalue weighted by Gasteiger charge is 2.33. The van der Waals surface area contributed by atoms with Gasteiger partial charge in [-0.25, -0.2) is 13.1 Å². The van der Waals surface area contributed by atoms with Gasteiger partial charge >= 0.3 is 0 Å². The van der Waals surface area contributed by atoms with Gasteiger partial charge in [0.05, 0.1) is 11.0 Å². The average Bonchev–Trinajstić information content (AvgIpc) is 2.36. The Balaban J connectivity index is 2.13. The lowest BCUT2D eigenvalue weighted by Crippen LogP contribution is -2.47. The Labute approximate surface area is 126 Å². The molecule has 0 heterocycles. The number of rotatable bonds is 6. The summed E-state index contributed by atoms with van der Waals surface area (Å²) in [7, 11) is -3.50. The van der Waals surface area contributed by atoms with Crippen molar-refractivity contribution in [3.05, 3.63) is 28.8 Å². The highest BCUT2D eigenvalue weighted by molar-refractivity contribution is 7.89. The zero-order valence-electron chi connectivity index (χ0n) is 12.8. The number of sulfonamides is 1. The molecule has 0 amide bonds. The number of nitrogens with two attached hydrogens (primary N) is 1. The van der Waals surface area contributed by atoms with Crippen LogP contribution in [0.2, 0.25) is 0 Å². The number of ether oxygens (including phenoxy) is 1. The summed E-state index contributed by atoms with van der Waals surface area (Å²) in [4.78, 5) is 0.327. The molecule has 1 aromatic rings. The molecule has 0 spiro atoms. The van der Waals surface area contributed by atoms with E-state index in [0.29, 0.717) is 18.0 Å². The van der Waals surface area contributed by atoms with Crippen LogP contribution in [-0.2, 0) is 21.3 Å². The molecule has 5 nitrogen and oxygen atoms in total. The van der Waals surface area contributed by atoms with Gasteiger partial charge in [0.15, 0.2) is 0 Å². The minimum atomic E-state index is -3.50. The lowest BCUT2D eigenvalue weighted by molar-refractivity contribution is -0.00475. The van der Waals surface area contributed by atoms with E-state index < -0.39 is 10.0 Å². The number of hydrogen-bond donors (Lipinski definition) is 2. The molecule has 118 valence electrons. The van der Waals surface area contributed by atoms with Crippen LogP contribution in [0.15, 0.2) is 17.0 Å². The molecule has 0 bridgehead atoms. The Morgan fingerprint density at radius 2 is 1.95 bits per heavy atom. The van der Waals surface area contributed by atoms with Crippen LogP contribution >= 0.6 is 0 Å². The molecule has 1 aromatic carbocycles. The quantitative estimate of drug-likeness (QED) is 0.836. The Hall–Kier alpha value is -0.950. The number of hydrogen-bond acceptors (Lipinski definition) is 4. The van der Waals surface area contributed by atoms with Gasteiger partial charge < -0.3 is 10.5 Å². The second-order valence-corrected chi connectivity index (χ2v) is 7.30. The molecule has 21 heavy (non-hydrogen) atoms. The molecule has 2 rings (SSSR count). The number of benzene rings is 1. The standard InChI is InChI=1S/C15H24N2O3S/c1-4-20-14-7-13(8-14)17-21(18,19)15-6-12(9-16)10(2)5-11(15)3/h5-6,13-14,17H,4,7-9,16H2,1-3H3. The molecule has 0 atom stereocenters. The molecule has 1 aliphatic rings. The summed E-state index contributed by atoms with van der Waals surface area (Å²) in [6.45, 7) is 6.70. The first-order chi connectivity index (χ1) is 9.87. The number of aryl methyl sites for hydroxylation is 2. The maximum atomic E-state index is 12.5. The van der Waals surface area contributed by atoms with Crippen LogP contribution in [-0.4, -0.2) is 27.2 Å². The predicted molar refractivity (Wildman–Crippen MR) is 82.6 cm³/mol. The monoisotopic (exact) mass is 312 g/mol. The summed E-state index contributed by atoms with van der Waals surface area (Å²) in [5.74, 6) is 0. The van der Waals surface area contributed by atoms with Crippen LogP contribution in [0.25, 0.3) is 0 Å². The van der Waals surface area contributed by atoms with Crippen LogP contribution in [0.5, 0.6) is 0 Å². The zero-order chi connectivity index (χ0) is 15.6. The third-order valence-electron chi connectivity index (χ3n) is 3.96. The summed E-state index contributed by atoms with van der Waals surface area (Å²) >= 11 is 0. The molecule has 0 unspecified atom stereocenters. The van der Waals surface area contributed by atoms with Crippen molar-refractivity contribution < 1.29 is 13.2 Å². The molecule has 1 fully saturated rings. The van der Waals surface area contributed by atoms with E-state index in [1.165, 1.54) is 0 Å². The molecule has 0 saturated heterocycles. The highest BCUT2D eigenvalue weighted by Crippen LogP contribution is 2.26. The van der Waals surface area contributed by atoms with E-state index in [0.717, 1.165) is 29.5 Å². The van der Waals surface area contributed by atoms with Gasteiger partial charge in [0.2, 0.25) is 10.0 Å². The SMILES string of the molecule is CCOC1CC(NS(=O)(=O)c2cc(CN)c(C)cc2C)C1. The van der Waals surface area contributed by atoms with Crippen LogP contribution in [0, 0.1) is 13.8 Å². The van der Waals surface area contributed by atoms with E-state index in [9.17, 15) is 8.42 Å². The third kappa shape index (κ3) is 3.63. The summed E-state index contributed by atoms with van der Waals surface area (Å²) in [5.41, 5.74) is 8.30. The third-order valence-corrected chi connectivity index (χ3v) is 5.62. The topological polar surface area (TPSA) is 81.4 Å². The Morgan fingerprint density at radius 1 is 1.29 bits per heavy atom. The fourth-order valence-corrected chi connectivity index (χ4v) is 4.24. The maximum absolute atomic E-state index is 12.5. The molecule has 3 N–H and O–H groups in total. The van der Waals surface area contributed by atoms with Gasteiger partial charge in [0.1, 0.15) is 0 Å². The van der Waals surface area contributed by atoms with Crippen molar-refractivity contribution in [2.24, 2.45) is 5.73 Å². The first kappa shape index (κ1) is 16.4. The summed E-state index contributed by atoms with van der Waals surface area (Å²) < 4.78 is 33.2. The fraction of sp³-hybridized carbons (Fsp3) is 0.600. The Morgan fingerprint density at radius 3 is 2.52 bits per heavy atom. The van der Waals surface area contributed by atoms with Crippen LogP contribution in [0.1, 0.15) is 36.5 Å². The van der Waals surface area contributed by atoms with Gasteiger partial charge in [-0.2, -0.15) is 0 Å². The smallest absolute Gasteiger partial charge is 0.241 e. The van der Waals surface area contributed by atoms with Crippen molar-refractivity contribution in [3.8, 4) is 0 Å². The molecule has 0 radical (unpaired) electrons. The van der Waals surface area contributed by atoms with E-state index in [1.54, 1.807) is 6.07 Å². The fourth-order valence-electron chi connectivity index (χ4n) is 2.70. The van der Waals surface area contributed by atoms with Crippen molar-refractivity contribution in [2.75, 3.05) is 6.61 Å². The zero-order valence-corrected chi connectivity index (χ0v) is 13.7. The summed E-state index contributed by atoms with van der Waals surface area (Å²) in [6, 6.07) is 3.53. The van der Waals surface area contributed by atoms with Gasteiger partial charge in [-0.1, -0.05) is 6.07 Å². The summed E-state index contributed by atoms with van der Waals surface area (Å²) in [5, 5.41) is 0. The maximum Gasteiger partial charge on any atom is 0.241 e. The summed E-state index contributed by atoms with van der Waals surface area (Å²) in [6.07, 6.45) is 1.66. The molecule has 1 saturated carbocycles. The van der Waals surface area contributed by atoms with Gasteiger partial charge in [-0.05, 0) is 56.4 Å². The Kier molecular flexibility index (Phi) is 5.03. The molecule has 1 aliphatic carbocycles. The van der Waals surface area contributed by atoms with E-state index >= 15 is 0 Å². The van der Waals surface area contributed by atoms with Gasteiger partial charge in [0.25, 0.3) is 0 Å². The Bertz CT molecular complexity index is 608. The molecular formula is C15H24N2O3S. The van der Waals surface area contributed by atoms with E-state index in [2.05, 4.69) is 4.72 Å². The number of nitrogens with one attached hydrogen (secondary N) is 1. The molecule has 6 heteroatoms. The van der Waals surface area contributed by atoms with Crippen LogP contribution < -0.4 is 10.5 Å².